The van der Waals surface area contributed by atoms with Crippen molar-refractivity contribution in [3.8, 4) is 0 Å². The van der Waals surface area contributed by atoms with E-state index in [1.807, 2.05) is 0 Å². The Balaban J connectivity index is -0.0000000727. The third kappa shape index (κ3) is 24.4. The predicted molar refractivity (Wildman–Crippen MR) is 62.8 cm³/mol. The van der Waals surface area contributed by atoms with Gasteiger partial charge in [-0.05, 0) is 0 Å². The Hall–Kier alpha value is -1.04. The van der Waals surface area contributed by atoms with Crippen molar-refractivity contribution in [3.63, 3.8) is 0 Å². The third-order valence-corrected chi connectivity index (χ3v) is 3.91. The van der Waals surface area contributed by atoms with Crippen LogP contribution in [0.3, 0.4) is 0 Å². The maximum atomic E-state index is 7.50. The summed E-state index contributed by atoms with van der Waals surface area (Å²) in [6.45, 7) is 24.7. The van der Waals surface area contributed by atoms with Gasteiger partial charge >= 0.3 is 136 Å². The van der Waals surface area contributed by atoms with Crippen molar-refractivity contribution in [3.05, 3.63) is 44.9 Å². The van der Waals surface area contributed by atoms with Gasteiger partial charge in [0.05, 0.1) is 0 Å². The van der Waals surface area contributed by atoms with E-state index in [0.717, 1.165) is 0 Å². The fraction of sp³-hybridized carbons (Fsp3) is 0.429. The molecule has 0 aromatic rings. The number of hydrogen-bond donors (Lipinski definition) is 0. The Labute approximate surface area is 135 Å². The summed E-state index contributed by atoms with van der Waals surface area (Å²) in [6, 6.07) is 0. The summed E-state index contributed by atoms with van der Waals surface area (Å²) >= 11 is 1.49. The molecule has 0 bridgehead atoms. The number of hydrogen-bond acceptors (Lipinski definition) is 1. The summed E-state index contributed by atoms with van der Waals surface area (Å²) in [4.78, 5) is 0. The van der Waals surface area contributed by atoms with Crippen molar-refractivity contribution in [2.45, 2.75) is 26.2 Å². The first kappa shape index (κ1) is 32.1. The van der Waals surface area contributed by atoms with Crippen LogP contribution in [0, 0.1) is 39.2 Å². The molecule has 0 N–H and O–H groups in total. The first-order chi connectivity index (χ1) is 10.2. The fourth-order valence-corrected chi connectivity index (χ4v) is 2.20. The van der Waals surface area contributed by atoms with E-state index in [2.05, 4.69) is 46.3 Å². The van der Waals surface area contributed by atoms with Crippen LogP contribution in [0.15, 0.2) is 11.6 Å². The second-order valence-electron chi connectivity index (χ2n) is 3.05. The molecule has 1 aliphatic rings. The summed E-state index contributed by atoms with van der Waals surface area (Å²) in [5, 5.41) is 0. The molecular formula is C14H14O6W. The molecule has 0 saturated carbocycles. The summed E-state index contributed by atoms with van der Waals surface area (Å²) < 4.78 is 44.0. The minimum absolute atomic E-state index is 0.708. The Morgan fingerprint density at radius 3 is 1.71 bits per heavy atom. The molecular weight excluding hydrogens is 448 g/mol. The molecule has 1 unspecified atom stereocenters. The van der Waals surface area contributed by atoms with Crippen LogP contribution in [-0.2, 0) is 47.4 Å². The molecule has 1 atom stereocenters. The normalized spacial score (nSPS) is 13.3. The molecule has 1 aliphatic carbocycles. The van der Waals surface area contributed by atoms with Gasteiger partial charge in [-0.1, -0.05) is 0 Å². The average molecular weight is 462 g/mol. The van der Waals surface area contributed by atoms with E-state index in [0.29, 0.717) is 5.92 Å². The summed E-state index contributed by atoms with van der Waals surface area (Å²) in [7, 11) is 1.79. The zero-order chi connectivity index (χ0) is 18.3. The van der Waals surface area contributed by atoms with E-state index in [1.54, 1.807) is 7.11 Å². The van der Waals surface area contributed by atoms with Crippen molar-refractivity contribution in [2.24, 2.45) is 5.92 Å². The van der Waals surface area contributed by atoms with Crippen molar-refractivity contribution >= 4 is 4.08 Å². The zero-order valence-corrected chi connectivity index (χ0v) is 14.6. The number of ether oxygens (including phenoxy) is 1. The van der Waals surface area contributed by atoms with Crippen LogP contribution < -0.4 is 0 Å². The summed E-state index contributed by atoms with van der Waals surface area (Å²) in [5.74, 6) is 0.708. The quantitative estimate of drug-likeness (QED) is 0.349. The van der Waals surface area contributed by atoms with Gasteiger partial charge in [0.25, 0.3) is 0 Å². The number of methoxy groups -OCH3 is 1. The van der Waals surface area contributed by atoms with E-state index in [9.17, 15) is 0 Å². The van der Waals surface area contributed by atoms with Crippen LogP contribution in [0.4, 0.5) is 0 Å². The van der Waals surface area contributed by atoms with Crippen LogP contribution in [0.25, 0.3) is 0 Å². The van der Waals surface area contributed by atoms with Crippen LogP contribution in [0.1, 0.15) is 26.2 Å². The minimum atomic E-state index is 0.708. The van der Waals surface area contributed by atoms with Gasteiger partial charge in [0.1, 0.15) is 0 Å². The topological polar surface area (TPSA) is 109 Å². The molecule has 0 radical (unpaired) electrons. The van der Waals surface area contributed by atoms with Gasteiger partial charge in [0.15, 0.2) is 0 Å². The summed E-state index contributed by atoms with van der Waals surface area (Å²) in [6.07, 6.45) is 6.07. The molecule has 0 aromatic heterocycles. The maximum absolute atomic E-state index is 7.50. The van der Waals surface area contributed by atoms with E-state index in [1.165, 1.54) is 48.3 Å². The second kappa shape index (κ2) is 36.4. The molecule has 0 aromatic carbocycles. The molecule has 0 aliphatic heterocycles. The molecule has 112 valence electrons. The Kier molecular flexibility index (Phi) is 55.6. The van der Waals surface area contributed by atoms with Gasteiger partial charge in [0.2, 0.25) is 0 Å². The van der Waals surface area contributed by atoms with Gasteiger partial charge in [0, 0.05) is 0 Å². The van der Waals surface area contributed by atoms with Gasteiger partial charge in [-0.3, -0.25) is 0 Å². The molecule has 7 heteroatoms. The number of allylic oxidation sites excluding steroid dienone is 2. The Morgan fingerprint density at radius 2 is 1.43 bits per heavy atom. The predicted octanol–water partition coefficient (Wildman–Crippen LogP) is 1.87. The van der Waals surface area contributed by atoms with Gasteiger partial charge in [-0.25, -0.2) is 0 Å². The Morgan fingerprint density at radius 1 is 1.05 bits per heavy atom. The molecule has 0 heterocycles. The average Bonchev–Trinajstić information content (AvgIpc) is 2.63. The molecule has 21 heavy (non-hydrogen) atoms. The zero-order valence-electron chi connectivity index (χ0n) is 11.6. The molecule has 0 saturated heterocycles. The Bertz CT molecular complexity index is 327. The van der Waals surface area contributed by atoms with Gasteiger partial charge < -0.3 is 0 Å². The van der Waals surface area contributed by atoms with Crippen molar-refractivity contribution < 1.29 is 47.4 Å². The van der Waals surface area contributed by atoms with Crippen LogP contribution in [0.5, 0.6) is 0 Å². The first-order valence-electron chi connectivity index (χ1n) is 4.99. The van der Waals surface area contributed by atoms with Gasteiger partial charge in [-0.2, -0.15) is 0 Å². The fourth-order valence-electron chi connectivity index (χ4n) is 1.47. The number of rotatable bonds is 2. The summed E-state index contributed by atoms with van der Waals surface area (Å²) in [5.41, 5.74) is 1.53. The third-order valence-electron chi connectivity index (χ3n) is 2.11. The molecule has 0 fully saturated rings. The molecule has 0 spiro atoms. The van der Waals surface area contributed by atoms with E-state index >= 15 is 0 Å². The van der Waals surface area contributed by atoms with E-state index in [-0.39, 0.29) is 0 Å². The van der Waals surface area contributed by atoms with Crippen LogP contribution in [0.2, 0.25) is 0 Å². The van der Waals surface area contributed by atoms with Crippen LogP contribution in [-0.4, -0.2) is 11.2 Å². The van der Waals surface area contributed by atoms with E-state index < -0.39 is 0 Å². The second-order valence-corrected chi connectivity index (χ2v) is 4.50. The monoisotopic (exact) mass is 462 g/mol. The molecule has 6 nitrogen and oxygen atoms in total. The molecule has 1 rings (SSSR count). The van der Waals surface area contributed by atoms with Crippen LogP contribution >= 0.6 is 0 Å². The SMILES string of the molecule is CO[C](=[W])C1CCC=C(C)C1.[C-]#[O+].[C-]#[O+].[C-]#[O+].[C-]#[O+].[C-]#[O+]. The van der Waals surface area contributed by atoms with Gasteiger partial charge in [-0.15, -0.1) is 0 Å². The van der Waals surface area contributed by atoms with E-state index in [4.69, 9.17) is 28.0 Å². The van der Waals surface area contributed by atoms with Crippen molar-refractivity contribution in [2.75, 3.05) is 7.11 Å². The standard InChI is InChI=1S/C9H14O.5CO.W/c1-8-4-3-5-9(6-8)7-10-2;5*1-2;/h4,9H,3,5-6H2,1-2H3;;;;;;. The van der Waals surface area contributed by atoms with Crippen molar-refractivity contribution in [1.82, 2.24) is 0 Å². The molecule has 0 amide bonds. The van der Waals surface area contributed by atoms with Crippen molar-refractivity contribution in [1.29, 1.82) is 0 Å². The first-order valence-corrected chi connectivity index (χ1v) is 6.46.